The molecule has 1 atom stereocenters. The van der Waals surface area contributed by atoms with Crippen molar-refractivity contribution in [1.82, 2.24) is 4.90 Å². The largest absolute Gasteiger partial charge is 0.491 e. The van der Waals surface area contributed by atoms with E-state index in [1.165, 1.54) is 4.90 Å². The maximum absolute atomic E-state index is 12.4. The predicted octanol–water partition coefficient (Wildman–Crippen LogP) is 3.82. The zero-order chi connectivity index (χ0) is 18.4. The number of anilines is 1. The number of carbonyl (C=O) groups is 2. The fourth-order valence-corrected chi connectivity index (χ4v) is 2.18. The summed E-state index contributed by atoms with van der Waals surface area (Å²) < 4.78 is 5.75. The van der Waals surface area contributed by atoms with Crippen molar-refractivity contribution < 1.29 is 14.3 Å². The summed E-state index contributed by atoms with van der Waals surface area (Å²) >= 11 is 0. The quantitative estimate of drug-likeness (QED) is 0.870. The van der Waals surface area contributed by atoms with E-state index < -0.39 is 0 Å². The minimum Gasteiger partial charge on any atom is -0.491 e. The normalized spacial score (nSPS) is 11.5. The Bertz CT molecular complexity index is 739. The molecule has 0 heterocycles. The lowest BCUT2D eigenvalue weighted by atomic mass is 10.1. The number of amides is 2. The van der Waals surface area contributed by atoms with E-state index in [0.29, 0.717) is 22.6 Å². The standard InChI is InChI=1S/C20H24N2O3/c1-5-14(2)25-18-8-6-7-16(13-18)19(23)21-17-11-9-15(10-12-17)20(24)22(3)4/h6-14H,5H2,1-4H3,(H,21,23). The van der Waals surface area contributed by atoms with E-state index >= 15 is 0 Å². The van der Waals surface area contributed by atoms with E-state index in [9.17, 15) is 9.59 Å². The van der Waals surface area contributed by atoms with Gasteiger partial charge in [0.2, 0.25) is 0 Å². The molecule has 0 aliphatic carbocycles. The fraction of sp³-hybridized carbons (Fsp3) is 0.300. The highest BCUT2D eigenvalue weighted by Gasteiger charge is 2.10. The van der Waals surface area contributed by atoms with Gasteiger partial charge in [0.15, 0.2) is 0 Å². The molecule has 0 bridgehead atoms. The van der Waals surface area contributed by atoms with Gasteiger partial charge in [0.05, 0.1) is 6.10 Å². The average Bonchev–Trinajstić information content (AvgIpc) is 2.61. The number of carbonyl (C=O) groups excluding carboxylic acids is 2. The number of hydrogen-bond donors (Lipinski definition) is 1. The van der Waals surface area contributed by atoms with Gasteiger partial charge < -0.3 is 15.0 Å². The third-order valence-electron chi connectivity index (χ3n) is 3.80. The Morgan fingerprint density at radius 3 is 2.36 bits per heavy atom. The van der Waals surface area contributed by atoms with Gasteiger partial charge >= 0.3 is 0 Å². The second-order valence-corrected chi connectivity index (χ2v) is 6.10. The second-order valence-electron chi connectivity index (χ2n) is 6.10. The first-order chi connectivity index (χ1) is 11.9. The topological polar surface area (TPSA) is 58.6 Å². The molecule has 0 saturated heterocycles. The first-order valence-electron chi connectivity index (χ1n) is 8.30. The van der Waals surface area contributed by atoms with Crippen LogP contribution in [0.5, 0.6) is 5.75 Å². The Kier molecular flexibility index (Phi) is 6.17. The summed E-state index contributed by atoms with van der Waals surface area (Å²) in [6.45, 7) is 4.04. The summed E-state index contributed by atoms with van der Waals surface area (Å²) in [6, 6.07) is 13.9. The van der Waals surface area contributed by atoms with Crippen LogP contribution < -0.4 is 10.1 Å². The summed E-state index contributed by atoms with van der Waals surface area (Å²) in [5, 5.41) is 2.83. The van der Waals surface area contributed by atoms with Crippen LogP contribution in [0.3, 0.4) is 0 Å². The number of nitrogens with one attached hydrogen (secondary N) is 1. The molecule has 0 aliphatic rings. The summed E-state index contributed by atoms with van der Waals surface area (Å²) in [6.07, 6.45) is 0.995. The van der Waals surface area contributed by atoms with Crippen LogP contribution in [-0.4, -0.2) is 36.9 Å². The Morgan fingerprint density at radius 2 is 1.76 bits per heavy atom. The maximum atomic E-state index is 12.4. The number of nitrogens with zero attached hydrogens (tertiary/aromatic N) is 1. The molecule has 0 aromatic heterocycles. The SMILES string of the molecule is CCC(C)Oc1cccc(C(=O)Nc2ccc(C(=O)N(C)C)cc2)c1. The number of rotatable bonds is 6. The van der Waals surface area contributed by atoms with Crippen molar-refractivity contribution in [3.8, 4) is 5.75 Å². The molecule has 25 heavy (non-hydrogen) atoms. The Balaban J connectivity index is 2.07. The van der Waals surface area contributed by atoms with Crippen LogP contribution in [0.15, 0.2) is 48.5 Å². The summed E-state index contributed by atoms with van der Waals surface area (Å²) in [7, 11) is 3.40. The van der Waals surface area contributed by atoms with Gasteiger partial charge in [0, 0.05) is 30.9 Å². The molecule has 5 nitrogen and oxygen atoms in total. The minimum atomic E-state index is -0.221. The molecule has 1 unspecified atom stereocenters. The van der Waals surface area contributed by atoms with E-state index in [1.54, 1.807) is 56.6 Å². The number of ether oxygens (including phenoxy) is 1. The predicted molar refractivity (Wildman–Crippen MR) is 99.2 cm³/mol. The second kappa shape index (κ2) is 8.33. The van der Waals surface area contributed by atoms with Crippen LogP contribution in [0.25, 0.3) is 0 Å². The highest BCUT2D eigenvalue weighted by molar-refractivity contribution is 6.04. The third kappa shape index (κ3) is 5.08. The molecular formula is C20H24N2O3. The molecule has 2 rings (SSSR count). The van der Waals surface area contributed by atoms with Crippen molar-refractivity contribution in [2.45, 2.75) is 26.4 Å². The molecule has 1 N–H and O–H groups in total. The number of hydrogen-bond acceptors (Lipinski definition) is 3. The van der Waals surface area contributed by atoms with Crippen LogP contribution in [0, 0.1) is 0 Å². The van der Waals surface area contributed by atoms with Crippen molar-refractivity contribution in [2.24, 2.45) is 0 Å². The lowest BCUT2D eigenvalue weighted by Gasteiger charge is -2.13. The summed E-state index contributed by atoms with van der Waals surface area (Å²) in [5.41, 5.74) is 1.73. The minimum absolute atomic E-state index is 0.0761. The van der Waals surface area contributed by atoms with E-state index in [1.807, 2.05) is 19.9 Å². The van der Waals surface area contributed by atoms with Gasteiger partial charge in [0.1, 0.15) is 5.75 Å². The van der Waals surface area contributed by atoms with Crippen LogP contribution in [0.2, 0.25) is 0 Å². The van der Waals surface area contributed by atoms with Crippen molar-refractivity contribution >= 4 is 17.5 Å². The van der Waals surface area contributed by atoms with Crippen molar-refractivity contribution in [2.75, 3.05) is 19.4 Å². The average molecular weight is 340 g/mol. The first kappa shape index (κ1) is 18.5. The Labute approximate surface area is 148 Å². The molecule has 0 radical (unpaired) electrons. The van der Waals surface area contributed by atoms with Crippen LogP contribution in [0.4, 0.5) is 5.69 Å². The lowest BCUT2D eigenvalue weighted by molar-refractivity contribution is 0.0827. The third-order valence-corrected chi connectivity index (χ3v) is 3.80. The Hall–Kier alpha value is -2.82. The zero-order valence-corrected chi connectivity index (χ0v) is 15.1. The van der Waals surface area contributed by atoms with Gasteiger partial charge in [-0.3, -0.25) is 9.59 Å². The van der Waals surface area contributed by atoms with Gasteiger partial charge in [-0.25, -0.2) is 0 Å². The van der Waals surface area contributed by atoms with Crippen molar-refractivity contribution in [3.63, 3.8) is 0 Å². The van der Waals surface area contributed by atoms with Gasteiger partial charge in [-0.15, -0.1) is 0 Å². The molecule has 2 amide bonds. The summed E-state index contributed by atoms with van der Waals surface area (Å²) in [4.78, 5) is 25.8. The molecule has 2 aromatic carbocycles. The first-order valence-corrected chi connectivity index (χ1v) is 8.30. The molecule has 0 fully saturated rings. The van der Waals surface area contributed by atoms with Crippen LogP contribution >= 0.6 is 0 Å². The van der Waals surface area contributed by atoms with Crippen molar-refractivity contribution in [3.05, 3.63) is 59.7 Å². The molecule has 0 saturated carbocycles. The van der Waals surface area contributed by atoms with Gasteiger partial charge in [-0.2, -0.15) is 0 Å². The monoisotopic (exact) mass is 340 g/mol. The van der Waals surface area contributed by atoms with Crippen LogP contribution in [0.1, 0.15) is 41.0 Å². The van der Waals surface area contributed by atoms with E-state index in [0.717, 1.165) is 6.42 Å². The van der Waals surface area contributed by atoms with Gasteiger partial charge in [0.25, 0.3) is 11.8 Å². The Morgan fingerprint density at radius 1 is 1.08 bits per heavy atom. The fourth-order valence-electron chi connectivity index (χ4n) is 2.18. The highest BCUT2D eigenvalue weighted by atomic mass is 16.5. The molecular weight excluding hydrogens is 316 g/mol. The zero-order valence-electron chi connectivity index (χ0n) is 15.1. The maximum Gasteiger partial charge on any atom is 0.255 e. The molecule has 2 aromatic rings. The molecule has 0 spiro atoms. The summed E-state index contributed by atoms with van der Waals surface area (Å²) in [5.74, 6) is 0.378. The highest BCUT2D eigenvalue weighted by Crippen LogP contribution is 2.18. The molecule has 132 valence electrons. The molecule has 5 heteroatoms. The van der Waals surface area contributed by atoms with Crippen molar-refractivity contribution in [1.29, 1.82) is 0 Å². The lowest BCUT2D eigenvalue weighted by Crippen LogP contribution is -2.21. The van der Waals surface area contributed by atoms with Gasteiger partial charge in [-0.05, 0) is 55.8 Å². The van der Waals surface area contributed by atoms with E-state index in [4.69, 9.17) is 4.74 Å². The van der Waals surface area contributed by atoms with E-state index in [-0.39, 0.29) is 17.9 Å². The molecule has 0 aliphatic heterocycles. The number of benzene rings is 2. The van der Waals surface area contributed by atoms with Gasteiger partial charge in [-0.1, -0.05) is 13.0 Å². The van der Waals surface area contributed by atoms with Crippen LogP contribution in [-0.2, 0) is 0 Å². The smallest absolute Gasteiger partial charge is 0.255 e. The van der Waals surface area contributed by atoms with E-state index in [2.05, 4.69) is 5.32 Å².